The minimum atomic E-state index is -0.314. The summed E-state index contributed by atoms with van der Waals surface area (Å²) in [5.41, 5.74) is 1.66. The van der Waals surface area contributed by atoms with E-state index in [0.29, 0.717) is 18.8 Å². The van der Waals surface area contributed by atoms with Gasteiger partial charge >= 0.3 is 6.03 Å². The molecule has 2 amide bonds. The summed E-state index contributed by atoms with van der Waals surface area (Å²) in [6.07, 6.45) is 0. The van der Waals surface area contributed by atoms with Crippen molar-refractivity contribution in [2.45, 2.75) is 20.8 Å². The van der Waals surface area contributed by atoms with Gasteiger partial charge in [0.05, 0.1) is 18.6 Å². The van der Waals surface area contributed by atoms with Gasteiger partial charge in [-0.25, -0.2) is 4.79 Å². The smallest absolute Gasteiger partial charge is 0.319 e. The standard InChI is InChI=1S/C14H19N3O2/c1-4-19-13-6-5-12(7-11(13)3)17-14(18)16-9-10(2)8-15/h5-7,10H,4,9H2,1-3H3,(H2,16,17,18)/t10-/m1/s1. The molecule has 1 aromatic carbocycles. The van der Waals surface area contributed by atoms with E-state index in [0.717, 1.165) is 11.3 Å². The number of ether oxygens (including phenoxy) is 1. The van der Waals surface area contributed by atoms with Gasteiger partial charge in [-0.15, -0.1) is 0 Å². The van der Waals surface area contributed by atoms with E-state index in [2.05, 4.69) is 16.7 Å². The molecule has 102 valence electrons. The first-order valence-electron chi connectivity index (χ1n) is 6.24. The number of nitriles is 1. The summed E-state index contributed by atoms with van der Waals surface area (Å²) < 4.78 is 5.43. The van der Waals surface area contributed by atoms with Gasteiger partial charge in [0.15, 0.2) is 0 Å². The number of anilines is 1. The van der Waals surface area contributed by atoms with Gasteiger partial charge in [0, 0.05) is 12.2 Å². The van der Waals surface area contributed by atoms with Gasteiger partial charge < -0.3 is 15.4 Å². The monoisotopic (exact) mass is 261 g/mol. The van der Waals surface area contributed by atoms with Crippen LogP contribution in [-0.4, -0.2) is 19.2 Å². The molecular formula is C14H19N3O2. The van der Waals surface area contributed by atoms with Crippen LogP contribution in [0.1, 0.15) is 19.4 Å². The van der Waals surface area contributed by atoms with Crippen LogP contribution in [0.3, 0.4) is 0 Å². The van der Waals surface area contributed by atoms with Crippen molar-refractivity contribution in [3.63, 3.8) is 0 Å². The first-order valence-corrected chi connectivity index (χ1v) is 6.24. The molecule has 0 saturated heterocycles. The molecule has 1 rings (SSSR count). The molecule has 0 saturated carbocycles. The lowest BCUT2D eigenvalue weighted by Gasteiger charge is -2.11. The topological polar surface area (TPSA) is 74.2 Å². The molecule has 2 N–H and O–H groups in total. The highest BCUT2D eigenvalue weighted by atomic mass is 16.5. The van der Waals surface area contributed by atoms with Crippen LogP contribution in [0, 0.1) is 24.2 Å². The fraction of sp³-hybridized carbons (Fsp3) is 0.429. The molecule has 0 fully saturated rings. The van der Waals surface area contributed by atoms with Gasteiger partial charge in [0.1, 0.15) is 5.75 Å². The van der Waals surface area contributed by atoms with Gasteiger partial charge in [-0.3, -0.25) is 0 Å². The zero-order valence-corrected chi connectivity index (χ0v) is 11.5. The number of carbonyl (C=O) groups is 1. The van der Waals surface area contributed by atoms with E-state index >= 15 is 0 Å². The van der Waals surface area contributed by atoms with E-state index in [4.69, 9.17) is 10.00 Å². The van der Waals surface area contributed by atoms with Crippen molar-refractivity contribution < 1.29 is 9.53 Å². The fourth-order valence-corrected chi connectivity index (χ4v) is 1.51. The molecular weight excluding hydrogens is 242 g/mol. The zero-order chi connectivity index (χ0) is 14.3. The Balaban J connectivity index is 2.55. The van der Waals surface area contributed by atoms with E-state index in [9.17, 15) is 4.79 Å². The largest absolute Gasteiger partial charge is 0.494 e. The van der Waals surface area contributed by atoms with Gasteiger partial charge in [0.25, 0.3) is 0 Å². The van der Waals surface area contributed by atoms with Crippen LogP contribution in [-0.2, 0) is 0 Å². The molecule has 0 aliphatic carbocycles. The minimum Gasteiger partial charge on any atom is -0.494 e. The lowest BCUT2D eigenvalue weighted by Crippen LogP contribution is -2.32. The summed E-state index contributed by atoms with van der Waals surface area (Å²) in [6.45, 7) is 6.54. The average molecular weight is 261 g/mol. The second kappa shape index (κ2) is 7.27. The van der Waals surface area contributed by atoms with Crippen molar-refractivity contribution >= 4 is 11.7 Å². The number of aryl methyl sites for hydroxylation is 1. The van der Waals surface area contributed by atoms with Gasteiger partial charge in [-0.05, 0) is 44.5 Å². The maximum Gasteiger partial charge on any atom is 0.319 e. The van der Waals surface area contributed by atoms with Crippen molar-refractivity contribution in [3.05, 3.63) is 23.8 Å². The Kier molecular flexibility index (Phi) is 5.68. The molecule has 19 heavy (non-hydrogen) atoms. The maximum atomic E-state index is 11.6. The molecule has 0 heterocycles. The Bertz CT molecular complexity index is 480. The number of benzene rings is 1. The number of amides is 2. The molecule has 1 atom stereocenters. The van der Waals surface area contributed by atoms with E-state index < -0.39 is 0 Å². The van der Waals surface area contributed by atoms with E-state index in [1.807, 2.05) is 26.0 Å². The summed E-state index contributed by atoms with van der Waals surface area (Å²) in [5.74, 6) is 0.611. The maximum absolute atomic E-state index is 11.6. The number of nitrogens with one attached hydrogen (secondary N) is 2. The van der Waals surface area contributed by atoms with Crippen LogP contribution < -0.4 is 15.4 Å². The van der Waals surface area contributed by atoms with Crippen LogP contribution in [0.25, 0.3) is 0 Å². The Hall–Kier alpha value is -2.22. The predicted molar refractivity (Wildman–Crippen MR) is 74.1 cm³/mol. The Morgan fingerprint density at radius 2 is 2.26 bits per heavy atom. The molecule has 0 bridgehead atoms. The third-order valence-corrected chi connectivity index (χ3v) is 2.52. The number of hydrogen-bond acceptors (Lipinski definition) is 3. The molecule has 0 aliphatic rings. The third-order valence-electron chi connectivity index (χ3n) is 2.52. The van der Waals surface area contributed by atoms with Crippen LogP contribution in [0.2, 0.25) is 0 Å². The minimum absolute atomic E-state index is 0.201. The lowest BCUT2D eigenvalue weighted by atomic mass is 10.2. The number of rotatable bonds is 5. The first kappa shape index (κ1) is 14.8. The predicted octanol–water partition coefficient (Wildman–Crippen LogP) is 2.67. The molecule has 1 aromatic rings. The van der Waals surface area contributed by atoms with Crippen molar-refractivity contribution in [2.24, 2.45) is 5.92 Å². The summed E-state index contributed by atoms with van der Waals surface area (Å²) in [7, 11) is 0. The van der Waals surface area contributed by atoms with Gasteiger partial charge in [-0.2, -0.15) is 5.26 Å². The molecule has 0 spiro atoms. The number of carbonyl (C=O) groups excluding carboxylic acids is 1. The van der Waals surface area contributed by atoms with Crippen molar-refractivity contribution in [2.75, 3.05) is 18.5 Å². The van der Waals surface area contributed by atoms with Gasteiger partial charge in [-0.1, -0.05) is 0 Å². The van der Waals surface area contributed by atoms with Crippen molar-refractivity contribution in [1.82, 2.24) is 5.32 Å². The third kappa shape index (κ3) is 4.88. The molecule has 5 nitrogen and oxygen atoms in total. The number of nitrogens with zero attached hydrogens (tertiary/aromatic N) is 1. The van der Waals surface area contributed by atoms with Crippen LogP contribution in [0.15, 0.2) is 18.2 Å². The Morgan fingerprint density at radius 1 is 1.53 bits per heavy atom. The second-order valence-corrected chi connectivity index (χ2v) is 4.28. The molecule has 0 radical (unpaired) electrons. The van der Waals surface area contributed by atoms with E-state index in [-0.39, 0.29) is 11.9 Å². The Morgan fingerprint density at radius 3 is 2.84 bits per heavy atom. The summed E-state index contributed by atoms with van der Waals surface area (Å²) in [6, 6.07) is 7.20. The first-order chi connectivity index (χ1) is 9.06. The molecule has 5 heteroatoms. The number of urea groups is 1. The quantitative estimate of drug-likeness (QED) is 0.855. The summed E-state index contributed by atoms with van der Waals surface area (Å²) in [4.78, 5) is 11.6. The van der Waals surface area contributed by atoms with Crippen molar-refractivity contribution in [1.29, 1.82) is 5.26 Å². The SMILES string of the molecule is CCOc1ccc(NC(=O)NC[C@H](C)C#N)cc1C. The van der Waals surface area contributed by atoms with Crippen molar-refractivity contribution in [3.8, 4) is 11.8 Å². The summed E-state index contributed by atoms with van der Waals surface area (Å²) in [5, 5.41) is 14.0. The van der Waals surface area contributed by atoms with E-state index in [1.54, 1.807) is 13.0 Å². The van der Waals surface area contributed by atoms with Crippen LogP contribution >= 0.6 is 0 Å². The lowest BCUT2D eigenvalue weighted by molar-refractivity contribution is 0.251. The zero-order valence-electron chi connectivity index (χ0n) is 11.5. The second-order valence-electron chi connectivity index (χ2n) is 4.28. The highest BCUT2D eigenvalue weighted by Crippen LogP contribution is 2.21. The Labute approximate surface area is 113 Å². The average Bonchev–Trinajstić information content (AvgIpc) is 2.39. The molecule has 0 unspecified atom stereocenters. The van der Waals surface area contributed by atoms with Crippen LogP contribution in [0.4, 0.5) is 10.5 Å². The van der Waals surface area contributed by atoms with Gasteiger partial charge in [0.2, 0.25) is 0 Å². The normalized spacial score (nSPS) is 11.3. The molecule has 0 aromatic heterocycles. The highest BCUT2D eigenvalue weighted by Gasteiger charge is 2.06. The highest BCUT2D eigenvalue weighted by molar-refractivity contribution is 5.89. The summed E-state index contributed by atoms with van der Waals surface area (Å²) >= 11 is 0. The van der Waals surface area contributed by atoms with Crippen LogP contribution in [0.5, 0.6) is 5.75 Å². The van der Waals surface area contributed by atoms with E-state index in [1.165, 1.54) is 0 Å². The number of hydrogen-bond donors (Lipinski definition) is 2. The fourth-order valence-electron chi connectivity index (χ4n) is 1.51. The molecule has 0 aliphatic heterocycles.